The van der Waals surface area contributed by atoms with E-state index in [0.717, 1.165) is 25.7 Å². The summed E-state index contributed by atoms with van der Waals surface area (Å²) < 4.78 is 0. The molecule has 2 unspecified atom stereocenters. The van der Waals surface area contributed by atoms with E-state index >= 15 is 0 Å². The summed E-state index contributed by atoms with van der Waals surface area (Å²) in [7, 11) is 0. The van der Waals surface area contributed by atoms with Gasteiger partial charge in [0.1, 0.15) is 0 Å². The largest absolute Gasteiger partial charge is 0.480 e. The highest BCUT2D eigenvalue weighted by Crippen LogP contribution is 2.11. The Labute approximate surface area is 168 Å². The maximum atomic E-state index is 11.2. The van der Waals surface area contributed by atoms with Crippen molar-refractivity contribution < 1.29 is 9.90 Å². The molecule has 0 aliphatic heterocycles. The first-order chi connectivity index (χ1) is 13.0. The lowest BCUT2D eigenvalue weighted by Gasteiger charge is -2.27. The Bertz CT molecular complexity index is 316. The number of hydrogen-bond donors (Lipinski definition) is 3. The summed E-state index contributed by atoms with van der Waals surface area (Å²) >= 11 is 0. The molecule has 0 heterocycles. The van der Waals surface area contributed by atoms with Crippen molar-refractivity contribution in [3.05, 3.63) is 0 Å². The van der Waals surface area contributed by atoms with Gasteiger partial charge in [-0.25, -0.2) is 0 Å². The van der Waals surface area contributed by atoms with E-state index in [-0.39, 0.29) is 18.6 Å². The van der Waals surface area contributed by atoms with Crippen LogP contribution < -0.4 is 11.5 Å². The Balaban J connectivity index is 4.01. The zero-order valence-electron chi connectivity index (χ0n) is 18.1. The second kappa shape index (κ2) is 18.7. The standard InChI is InChI=1S/C22H47N3O2/c1-3-5-7-9-11-13-15-20(23)17-25(19-22(26)27)18-21(24)16-14-12-10-8-6-4-2/h20-21H,3-19,23-24H2,1-2H3,(H,26,27). The van der Waals surface area contributed by atoms with E-state index in [9.17, 15) is 9.90 Å². The van der Waals surface area contributed by atoms with E-state index in [4.69, 9.17) is 11.5 Å². The van der Waals surface area contributed by atoms with Crippen LogP contribution in [0.3, 0.4) is 0 Å². The Morgan fingerprint density at radius 3 is 1.48 bits per heavy atom. The molecule has 5 nitrogen and oxygen atoms in total. The van der Waals surface area contributed by atoms with Crippen LogP contribution >= 0.6 is 0 Å². The number of hydrogen-bond acceptors (Lipinski definition) is 4. The number of nitrogens with zero attached hydrogens (tertiary/aromatic N) is 1. The third kappa shape index (κ3) is 18.5. The number of nitrogens with two attached hydrogens (primary N) is 2. The molecule has 162 valence electrons. The topological polar surface area (TPSA) is 92.6 Å². The minimum absolute atomic E-state index is 0.0361. The fraction of sp³-hybridized carbons (Fsp3) is 0.955. The van der Waals surface area contributed by atoms with Crippen molar-refractivity contribution in [2.45, 2.75) is 116 Å². The summed E-state index contributed by atoms with van der Waals surface area (Å²) in [4.78, 5) is 13.1. The minimum Gasteiger partial charge on any atom is -0.480 e. The molecule has 0 spiro atoms. The lowest BCUT2D eigenvalue weighted by atomic mass is 10.0. The fourth-order valence-corrected chi connectivity index (χ4v) is 3.61. The summed E-state index contributed by atoms with van der Waals surface area (Å²) in [5, 5.41) is 9.18. The zero-order valence-corrected chi connectivity index (χ0v) is 18.1. The lowest BCUT2D eigenvalue weighted by molar-refractivity contribution is -0.138. The van der Waals surface area contributed by atoms with Crippen LogP contribution in [-0.2, 0) is 4.79 Å². The number of aliphatic carboxylic acids is 1. The van der Waals surface area contributed by atoms with Crippen LogP contribution in [0.1, 0.15) is 104 Å². The summed E-state index contributed by atoms with van der Waals surface area (Å²) in [6, 6.07) is 0.0773. The van der Waals surface area contributed by atoms with Gasteiger partial charge in [-0.2, -0.15) is 0 Å². The highest BCUT2D eigenvalue weighted by molar-refractivity contribution is 5.69. The average Bonchev–Trinajstić information content (AvgIpc) is 2.60. The molecule has 0 aliphatic carbocycles. The Morgan fingerprint density at radius 1 is 0.741 bits per heavy atom. The molecule has 0 aliphatic rings. The summed E-state index contributed by atoms with van der Waals surface area (Å²) in [6.45, 7) is 5.75. The number of carboxylic acid groups (broad SMARTS) is 1. The Kier molecular flexibility index (Phi) is 18.3. The molecule has 0 aromatic heterocycles. The smallest absolute Gasteiger partial charge is 0.317 e. The van der Waals surface area contributed by atoms with Crippen LogP contribution in [0.4, 0.5) is 0 Å². The fourth-order valence-electron chi connectivity index (χ4n) is 3.61. The van der Waals surface area contributed by atoms with Gasteiger partial charge in [-0.15, -0.1) is 0 Å². The third-order valence-corrected chi connectivity index (χ3v) is 5.20. The van der Waals surface area contributed by atoms with Gasteiger partial charge in [0.2, 0.25) is 0 Å². The molecule has 2 atom stereocenters. The van der Waals surface area contributed by atoms with Gasteiger partial charge < -0.3 is 16.6 Å². The second-order valence-electron chi connectivity index (χ2n) is 8.22. The van der Waals surface area contributed by atoms with Gasteiger partial charge in [-0.1, -0.05) is 90.9 Å². The van der Waals surface area contributed by atoms with Gasteiger partial charge in [0.15, 0.2) is 0 Å². The first kappa shape index (κ1) is 26.4. The molecule has 0 amide bonds. The quantitative estimate of drug-likeness (QED) is 0.268. The first-order valence-corrected chi connectivity index (χ1v) is 11.4. The lowest BCUT2D eigenvalue weighted by Crippen LogP contribution is -2.45. The van der Waals surface area contributed by atoms with Crippen molar-refractivity contribution in [1.29, 1.82) is 0 Å². The van der Waals surface area contributed by atoms with Gasteiger partial charge in [0.05, 0.1) is 6.54 Å². The summed E-state index contributed by atoms with van der Waals surface area (Å²) in [5.74, 6) is -0.798. The number of rotatable bonds is 20. The van der Waals surface area contributed by atoms with Crippen LogP contribution in [0, 0.1) is 0 Å². The molecule has 0 saturated heterocycles. The molecular weight excluding hydrogens is 338 g/mol. The molecule has 5 N–H and O–H groups in total. The maximum Gasteiger partial charge on any atom is 0.317 e. The number of carbonyl (C=O) groups is 1. The van der Waals surface area contributed by atoms with Gasteiger partial charge >= 0.3 is 5.97 Å². The third-order valence-electron chi connectivity index (χ3n) is 5.20. The molecule has 0 fully saturated rings. The van der Waals surface area contributed by atoms with Crippen molar-refractivity contribution in [1.82, 2.24) is 4.90 Å². The molecule has 0 bridgehead atoms. The van der Waals surface area contributed by atoms with Crippen molar-refractivity contribution in [2.75, 3.05) is 19.6 Å². The molecule has 27 heavy (non-hydrogen) atoms. The van der Waals surface area contributed by atoms with Crippen molar-refractivity contribution in [3.8, 4) is 0 Å². The maximum absolute atomic E-state index is 11.2. The van der Waals surface area contributed by atoms with Gasteiger partial charge in [0.25, 0.3) is 0 Å². The highest BCUT2D eigenvalue weighted by Gasteiger charge is 2.16. The minimum atomic E-state index is -0.798. The van der Waals surface area contributed by atoms with Crippen molar-refractivity contribution in [3.63, 3.8) is 0 Å². The van der Waals surface area contributed by atoms with Gasteiger partial charge in [-0.05, 0) is 12.8 Å². The predicted molar refractivity (Wildman–Crippen MR) is 116 cm³/mol. The SMILES string of the molecule is CCCCCCCCC(N)CN(CC(=O)O)CC(N)CCCCCCCC. The number of unbranched alkanes of at least 4 members (excludes halogenated alkanes) is 10. The normalized spacial score (nSPS) is 13.8. The van der Waals surface area contributed by atoms with E-state index in [1.807, 2.05) is 4.90 Å². The summed E-state index contributed by atoms with van der Waals surface area (Å²) in [6.07, 6.45) is 17.0. The van der Waals surface area contributed by atoms with Crippen LogP contribution in [0.25, 0.3) is 0 Å². The van der Waals surface area contributed by atoms with E-state index in [1.54, 1.807) is 0 Å². The second-order valence-corrected chi connectivity index (χ2v) is 8.22. The van der Waals surface area contributed by atoms with Crippen molar-refractivity contribution >= 4 is 5.97 Å². The molecule has 0 aromatic rings. The van der Waals surface area contributed by atoms with E-state index in [1.165, 1.54) is 64.2 Å². The highest BCUT2D eigenvalue weighted by atomic mass is 16.4. The van der Waals surface area contributed by atoms with Crippen LogP contribution in [0.2, 0.25) is 0 Å². The van der Waals surface area contributed by atoms with E-state index in [0.29, 0.717) is 13.1 Å². The summed E-state index contributed by atoms with van der Waals surface area (Å²) in [5.41, 5.74) is 12.5. The molecule has 0 saturated carbocycles. The first-order valence-electron chi connectivity index (χ1n) is 11.4. The van der Waals surface area contributed by atoms with E-state index in [2.05, 4.69) is 13.8 Å². The number of carboxylic acids is 1. The van der Waals surface area contributed by atoms with Gasteiger partial charge in [0, 0.05) is 25.2 Å². The monoisotopic (exact) mass is 385 g/mol. The predicted octanol–water partition coefficient (Wildman–Crippen LogP) is 4.53. The molecule has 0 aromatic carbocycles. The van der Waals surface area contributed by atoms with Crippen LogP contribution in [0.15, 0.2) is 0 Å². The molecule has 0 rings (SSSR count). The van der Waals surface area contributed by atoms with Crippen LogP contribution in [0.5, 0.6) is 0 Å². The molecular formula is C22H47N3O2. The molecule has 5 heteroatoms. The van der Waals surface area contributed by atoms with Gasteiger partial charge in [-0.3, -0.25) is 9.69 Å². The average molecular weight is 386 g/mol. The van der Waals surface area contributed by atoms with Crippen LogP contribution in [-0.4, -0.2) is 47.7 Å². The molecule has 0 radical (unpaired) electrons. The van der Waals surface area contributed by atoms with E-state index < -0.39 is 5.97 Å². The Hall–Kier alpha value is -0.650. The zero-order chi connectivity index (χ0) is 20.3. The Morgan fingerprint density at radius 2 is 1.11 bits per heavy atom. The van der Waals surface area contributed by atoms with Crippen molar-refractivity contribution in [2.24, 2.45) is 11.5 Å².